The maximum Gasteiger partial charge on any atom is 0.133 e. The van der Waals surface area contributed by atoms with Crippen LogP contribution in [-0.2, 0) is 13.5 Å². The molecular weight excluding hydrogens is 274 g/mol. The van der Waals surface area contributed by atoms with Gasteiger partial charge in [-0.2, -0.15) is 0 Å². The molecule has 0 saturated carbocycles. The molecule has 0 fully saturated rings. The normalized spacial score (nSPS) is 12.6. The molecule has 1 atom stereocenters. The summed E-state index contributed by atoms with van der Waals surface area (Å²) in [6.45, 7) is 9.02. The second-order valence-electron chi connectivity index (χ2n) is 6.59. The molecule has 0 amide bonds. The molecule has 1 aromatic carbocycles. The summed E-state index contributed by atoms with van der Waals surface area (Å²) in [7, 11) is 0.657. The Morgan fingerprint density at radius 1 is 1.29 bits per heavy atom. The highest BCUT2D eigenvalue weighted by atomic mass is 28.3. The van der Waals surface area contributed by atoms with Gasteiger partial charge in [-0.1, -0.05) is 44.6 Å². The maximum atomic E-state index is 4.16. The molecule has 0 aliphatic rings. The molecule has 1 aromatic heterocycles. The molecule has 1 heterocycles. The predicted molar refractivity (Wildman–Crippen MR) is 89.8 cm³/mol. The largest absolute Gasteiger partial charge is 0.321 e. The Morgan fingerprint density at radius 2 is 2.05 bits per heavy atom. The second-order valence-corrected chi connectivity index (χ2v) is 11.3. The number of hydrogen-bond donors (Lipinski definition) is 0. The van der Waals surface area contributed by atoms with Crippen LogP contribution in [0.5, 0.6) is 0 Å². The third-order valence-corrected chi connectivity index (χ3v) is 4.21. The van der Waals surface area contributed by atoms with Crippen molar-refractivity contribution in [1.82, 2.24) is 14.8 Å². The van der Waals surface area contributed by atoms with Gasteiger partial charge in [0.05, 0.1) is 0 Å². The van der Waals surface area contributed by atoms with E-state index in [1.807, 2.05) is 11.6 Å². The zero-order chi connectivity index (χ0) is 15.5. The Bertz CT molecular complexity index is 671. The zero-order valence-electron chi connectivity index (χ0n) is 13.5. The Hall–Kier alpha value is -1.86. The fourth-order valence-electron chi connectivity index (χ4n) is 2.07. The first-order chi connectivity index (χ1) is 9.85. The summed E-state index contributed by atoms with van der Waals surface area (Å²) >= 11 is 0. The van der Waals surface area contributed by atoms with Crippen LogP contribution in [0.25, 0.3) is 0 Å². The molecule has 0 N–H and O–H groups in total. The SMILES string of the molecule is CC(Cc1nncn1C)c1cccc(C#C[Si](C)(C)C)c1. The van der Waals surface area contributed by atoms with E-state index in [2.05, 4.69) is 72.5 Å². The van der Waals surface area contributed by atoms with E-state index in [1.165, 1.54) is 5.56 Å². The number of benzene rings is 1. The van der Waals surface area contributed by atoms with Crippen LogP contribution < -0.4 is 0 Å². The van der Waals surface area contributed by atoms with Crippen LogP contribution in [0.1, 0.15) is 29.8 Å². The fraction of sp³-hybridized carbons (Fsp3) is 0.412. The molecule has 110 valence electrons. The minimum atomic E-state index is -1.33. The van der Waals surface area contributed by atoms with Gasteiger partial charge in [0.25, 0.3) is 0 Å². The zero-order valence-corrected chi connectivity index (χ0v) is 14.5. The van der Waals surface area contributed by atoms with E-state index in [0.717, 1.165) is 17.8 Å². The minimum Gasteiger partial charge on any atom is -0.321 e. The number of aromatic nitrogens is 3. The number of hydrogen-bond acceptors (Lipinski definition) is 2. The van der Waals surface area contributed by atoms with Crippen molar-refractivity contribution in [3.05, 3.63) is 47.5 Å². The van der Waals surface area contributed by atoms with Crippen molar-refractivity contribution in [3.63, 3.8) is 0 Å². The molecule has 0 bridgehead atoms. The molecule has 2 rings (SSSR count). The molecule has 3 nitrogen and oxygen atoms in total. The van der Waals surface area contributed by atoms with Gasteiger partial charge in [0, 0.05) is 19.0 Å². The van der Waals surface area contributed by atoms with E-state index in [9.17, 15) is 0 Å². The quantitative estimate of drug-likeness (QED) is 0.642. The Kier molecular flexibility index (Phi) is 4.64. The lowest BCUT2D eigenvalue weighted by atomic mass is 9.96. The van der Waals surface area contributed by atoms with Crippen LogP contribution in [0.15, 0.2) is 30.6 Å². The van der Waals surface area contributed by atoms with Crippen LogP contribution in [-0.4, -0.2) is 22.8 Å². The highest BCUT2D eigenvalue weighted by Gasteiger charge is 2.11. The molecule has 0 radical (unpaired) electrons. The van der Waals surface area contributed by atoms with E-state index in [1.54, 1.807) is 6.33 Å². The molecule has 21 heavy (non-hydrogen) atoms. The third kappa shape index (κ3) is 4.57. The topological polar surface area (TPSA) is 30.7 Å². The maximum absolute atomic E-state index is 4.16. The highest BCUT2D eigenvalue weighted by Crippen LogP contribution is 2.20. The first kappa shape index (κ1) is 15.5. The van der Waals surface area contributed by atoms with Gasteiger partial charge in [-0.25, -0.2) is 0 Å². The van der Waals surface area contributed by atoms with Gasteiger partial charge in [0.15, 0.2) is 0 Å². The number of nitrogens with zero attached hydrogens (tertiary/aromatic N) is 3. The summed E-state index contributed by atoms with van der Waals surface area (Å²) in [6, 6.07) is 8.55. The number of aryl methyl sites for hydroxylation is 1. The highest BCUT2D eigenvalue weighted by molar-refractivity contribution is 6.83. The molecule has 1 unspecified atom stereocenters. The van der Waals surface area contributed by atoms with E-state index < -0.39 is 8.07 Å². The van der Waals surface area contributed by atoms with Crippen molar-refractivity contribution in [2.24, 2.45) is 7.05 Å². The van der Waals surface area contributed by atoms with Crippen molar-refractivity contribution >= 4 is 8.07 Å². The first-order valence-corrected chi connectivity index (χ1v) is 10.8. The Morgan fingerprint density at radius 3 is 2.67 bits per heavy atom. The van der Waals surface area contributed by atoms with Crippen LogP contribution in [0.2, 0.25) is 19.6 Å². The average molecular weight is 297 g/mol. The van der Waals surface area contributed by atoms with Crippen molar-refractivity contribution in [2.75, 3.05) is 0 Å². The third-order valence-electron chi connectivity index (χ3n) is 3.33. The van der Waals surface area contributed by atoms with Gasteiger partial charge in [-0.05, 0) is 23.6 Å². The molecule has 0 saturated heterocycles. The predicted octanol–water partition coefficient (Wildman–Crippen LogP) is 3.39. The van der Waals surface area contributed by atoms with Gasteiger partial charge < -0.3 is 4.57 Å². The lowest BCUT2D eigenvalue weighted by molar-refractivity contribution is 0.681. The van der Waals surface area contributed by atoms with E-state index in [4.69, 9.17) is 0 Å². The van der Waals surface area contributed by atoms with Crippen molar-refractivity contribution in [2.45, 2.75) is 38.9 Å². The Balaban J connectivity index is 2.16. The van der Waals surface area contributed by atoms with E-state index in [0.29, 0.717) is 5.92 Å². The van der Waals surface area contributed by atoms with Crippen LogP contribution in [0.3, 0.4) is 0 Å². The van der Waals surface area contributed by atoms with Crippen LogP contribution in [0, 0.1) is 11.5 Å². The molecule has 0 aliphatic heterocycles. The van der Waals surface area contributed by atoms with Gasteiger partial charge in [-0.15, -0.1) is 15.7 Å². The smallest absolute Gasteiger partial charge is 0.133 e. The van der Waals surface area contributed by atoms with Crippen LogP contribution in [0.4, 0.5) is 0 Å². The van der Waals surface area contributed by atoms with E-state index in [-0.39, 0.29) is 0 Å². The van der Waals surface area contributed by atoms with Gasteiger partial charge in [0.1, 0.15) is 20.2 Å². The summed E-state index contributed by atoms with van der Waals surface area (Å²) < 4.78 is 1.98. The average Bonchev–Trinajstić information content (AvgIpc) is 2.81. The van der Waals surface area contributed by atoms with Gasteiger partial charge in [0.2, 0.25) is 0 Å². The summed E-state index contributed by atoms with van der Waals surface area (Å²) in [5.41, 5.74) is 5.84. The van der Waals surface area contributed by atoms with Crippen LogP contribution >= 0.6 is 0 Å². The van der Waals surface area contributed by atoms with Gasteiger partial charge in [-0.3, -0.25) is 0 Å². The minimum absolute atomic E-state index is 0.404. The fourth-order valence-corrected chi connectivity index (χ4v) is 2.59. The molecular formula is C17H23N3Si. The van der Waals surface area contributed by atoms with E-state index >= 15 is 0 Å². The van der Waals surface area contributed by atoms with Gasteiger partial charge >= 0.3 is 0 Å². The second kappa shape index (κ2) is 6.27. The number of rotatable bonds is 3. The molecule has 2 aromatic rings. The first-order valence-electron chi connectivity index (χ1n) is 7.31. The summed E-state index contributed by atoms with van der Waals surface area (Å²) in [5, 5.41) is 8.10. The lowest BCUT2D eigenvalue weighted by Crippen LogP contribution is -2.16. The summed E-state index contributed by atoms with van der Waals surface area (Å²) in [6.07, 6.45) is 2.64. The summed E-state index contributed by atoms with van der Waals surface area (Å²) in [5.74, 6) is 4.75. The molecule has 0 spiro atoms. The summed E-state index contributed by atoms with van der Waals surface area (Å²) in [4.78, 5) is 0. The standard InChI is InChI=1S/C17H23N3Si/c1-14(11-17-19-18-13-20(17)2)16-8-6-7-15(12-16)9-10-21(3,4)5/h6-8,12-14H,11H2,1-5H3. The van der Waals surface area contributed by atoms with Crippen molar-refractivity contribution < 1.29 is 0 Å². The van der Waals surface area contributed by atoms with Crippen molar-refractivity contribution in [1.29, 1.82) is 0 Å². The lowest BCUT2D eigenvalue weighted by Gasteiger charge is -2.11. The van der Waals surface area contributed by atoms with Crippen molar-refractivity contribution in [3.8, 4) is 11.5 Å². The Labute approximate surface area is 128 Å². The monoisotopic (exact) mass is 297 g/mol. The molecule has 4 heteroatoms. The molecule has 0 aliphatic carbocycles.